The first-order valence-electron chi connectivity index (χ1n) is 5.64. The molecule has 4 nitrogen and oxygen atoms in total. The quantitative estimate of drug-likeness (QED) is 0.655. The predicted octanol–water partition coefficient (Wildman–Crippen LogP) is 0.818. The summed E-state index contributed by atoms with van der Waals surface area (Å²) >= 11 is 0. The van der Waals surface area contributed by atoms with Gasteiger partial charge in [0.15, 0.2) is 0 Å². The van der Waals surface area contributed by atoms with Gasteiger partial charge in [0.2, 0.25) is 0 Å². The number of rotatable bonds is 7. The molecule has 1 aromatic rings. The van der Waals surface area contributed by atoms with Gasteiger partial charge < -0.3 is 10.6 Å². The van der Waals surface area contributed by atoms with Crippen LogP contribution in [0.4, 0.5) is 0 Å². The fourth-order valence-electron chi connectivity index (χ4n) is 1.42. The lowest BCUT2D eigenvalue weighted by Crippen LogP contribution is -2.27. The molecule has 0 bridgehead atoms. The summed E-state index contributed by atoms with van der Waals surface area (Å²) in [5, 5.41) is 11.0. The summed E-state index contributed by atoms with van der Waals surface area (Å²) in [6, 6.07) is 0. The van der Waals surface area contributed by atoms with Crippen LogP contribution < -0.4 is 10.6 Å². The van der Waals surface area contributed by atoms with E-state index in [2.05, 4.69) is 29.6 Å². The molecule has 0 spiro atoms. The van der Waals surface area contributed by atoms with E-state index >= 15 is 0 Å². The van der Waals surface area contributed by atoms with E-state index in [1.807, 2.05) is 17.9 Å². The molecular formula is C11H22N4. The highest BCUT2D eigenvalue weighted by Crippen LogP contribution is 2.03. The van der Waals surface area contributed by atoms with Gasteiger partial charge in [0.05, 0.1) is 6.20 Å². The second-order valence-electron chi connectivity index (χ2n) is 3.81. The smallest absolute Gasteiger partial charge is 0.0537 e. The Hall–Kier alpha value is -0.870. The summed E-state index contributed by atoms with van der Waals surface area (Å²) < 4.78 is 1.91. The maximum Gasteiger partial charge on any atom is 0.0537 e. The molecule has 0 saturated carbocycles. The molecule has 0 amide bonds. The molecule has 2 N–H and O–H groups in total. The number of hydrogen-bond donors (Lipinski definition) is 2. The molecule has 4 heteroatoms. The molecule has 1 rings (SSSR count). The Labute approximate surface area is 92.1 Å². The van der Waals surface area contributed by atoms with E-state index in [1.165, 1.54) is 17.7 Å². The Balaban J connectivity index is 2.12. The topological polar surface area (TPSA) is 41.9 Å². The molecule has 0 aliphatic heterocycles. The van der Waals surface area contributed by atoms with Crippen molar-refractivity contribution in [1.29, 1.82) is 0 Å². The molecule has 86 valence electrons. The molecule has 0 saturated heterocycles. The fraction of sp³-hybridized carbons (Fsp3) is 0.727. The van der Waals surface area contributed by atoms with Gasteiger partial charge in [0, 0.05) is 37.9 Å². The van der Waals surface area contributed by atoms with E-state index in [9.17, 15) is 0 Å². The average molecular weight is 210 g/mol. The normalized spacial score (nSPS) is 10.9. The largest absolute Gasteiger partial charge is 0.315 e. The van der Waals surface area contributed by atoms with Crippen LogP contribution in [0.3, 0.4) is 0 Å². The highest BCUT2D eigenvalue weighted by Gasteiger charge is 2.01. The van der Waals surface area contributed by atoms with Gasteiger partial charge >= 0.3 is 0 Å². The molecule has 0 radical (unpaired) electrons. The van der Waals surface area contributed by atoms with Crippen LogP contribution in [0.5, 0.6) is 0 Å². The molecule has 0 unspecified atom stereocenters. The van der Waals surface area contributed by atoms with Gasteiger partial charge in [0.25, 0.3) is 0 Å². The Morgan fingerprint density at radius 3 is 2.60 bits per heavy atom. The zero-order chi connectivity index (χ0) is 11.1. The summed E-state index contributed by atoms with van der Waals surface area (Å²) in [6.45, 7) is 8.33. The van der Waals surface area contributed by atoms with Crippen molar-refractivity contribution in [2.45, 2.75) is 26.8 Å². The van der Waals surface area contributed by atoms with Gasteiger partial charge in [-0.2, -0.15) is 5.10 Å². The second-order valence-corrected chi connectivity index (χ2v) is 3.81. The standard InChI is InChI=1S/C11H22N4/c1-4-5-12-6-7-13-8-11-9-14-15(3)10(11)2/h9,12-13H,4-8H2,1-3H3. The van der Waals surface area contributed by atoms with Crippen LogP contribution in [0.2, 0.25) is 0 Å². The molecule has 0 aliphatic rings. The van der Waals surface area contributed by atoms with Crippen LogP contribution in [0, 0.1) is 6.92 Å². The van der Waals surface area contributed by atoms with Crippen molar-refractivity contribution >= 4 is 0 Å². The van der Waals surface area contributed by atoms with Crippen LogP contribution in [0.15, 0.2) is 6.20 Å². The molecular weight excluding hydrogens is 188 g/mol. The number of aryl methyl sites for hydroxylation is 1. The molecule has 0 atom stereocenters. The third kappa shape index (κ3) is 4.01. The van der Waals surface area contributed by atoms with Gasteiger partial charge in [-0.3, -0.25) is 4.68 Å². The van der Waals surface area contributed by atoms with Crippen molar-refractivity contribution < 1.29 is 0 Å². The maximum atomic E-state index is 4.21. The van der Waals surface area contributed by atoms with Crippen LogP contribution in [-0.2, 0) is 13.6 Å². The summed E-state index contributed by atoms with van der Waals surface area (Å²) in [6.07, 6.45) is 3.13. The van der Waals surface area contributed by atoms with Crippen molar-refractivity contribution in [3.8, 4) is 0 Å². The first-order chi connectivity index (χ1) is 7.25. The number of aromatic nitrogens is 2. The van der Waals surface area contributed by atoms with Gasteiger partial charge in [0.1, 0.15) is 0 Å². The molecule has 0 fully saturated rings. The minimum atomic E-state index is 0.910. The van der Waals surface area contributed by atoms with Crippen molar-refractivity contribution in [1.82, 2.24) is 20.4 Å². The van der Waals surface area contributed by atoms with Gasteiger partial charge in [-0.1, -0.05) is 6.92 Å². The lowest BCUT2D eigenvalue weighted by molar-refractivity contribution is 0.605. The van der Waals surface area contributed by atoms with E-state index in [4.69, 9.17) is 0 Å². The minimum Gasteiger partial charge on any atom is -0.315 e. The predicted molar refractivity (Wildman–Crippen MR) is 62.8 cm³/mol. The highest BCUT2D eigenvalue weighted by molar-refractivity contribution is 5.15. The van der Waals surface area contributed by atoms with E-state index in [0.29, 0.717) is 0 Å². The summed E-state index contributed by atoms with van der Waals surface area (Å²) in [4.78, 5) is 0. The maximum absolute atomic E-state index is 4.21. The first kappa shape index (κ1) is 12.2. The Bertz CT molecular complexity index is 280. The number of hydrogen-bond acceptors (Lipinski definition) is 3. The van der Waals surface area contributed by atoms with E-state index < -0.39 is 0 Å². The Morgan fingerprint density at radius 2 is 2.00 bits per heavy atom. The zero-order valence-corrected chi connectivity index (χ0v) is 10.0. The van der Waals surface area contributed by atoms with E-state index in [0.717, 1.165) is 26.2 Å². The molecule has 0 aromatic carbocycles. The third-order valence-corrected chi connectivity index (χ3v) is 2.56. The van der Waals surface area contributed by atoms with Crippen LogP contribution in [-0.4, -0.2) is 29.4 Å². The van der Waals surface area contributed by atoms with Crippen molar-refractivity contribution in [2.75, 3.05) is 19.6 Å². The molecule has 15 heavy (non-hydrogen) atoms. The van der Waals surface area contributed by atoms with Gasteiger partial charge in [-0.25, -0.2) is 0 Å². The first-order valence-corrected chi connectivity index (χ1v) is 5.64. The van der Waals surface area contributed by atoms with E-state index in [-0.39, 0.29) is 0 Å². The van der Waals surface area contributed by atoms with Crippen molar-refractivity contribution in [3.63, 3.8) is 0 Å². The summed E-state index contributed by atoms with van der Waals surface area (Å²) in [5.41, 5.74) is 2.53. The molecule has 0 aliphatic carbocycles. The second kappa shape index (κ2) is 6.58. The SMILES string of the molecule is CCCNCCNCc1cnn(C)c1C. The summed E-state index contributed by atoms with van der Waals surface area (Å²) in [7, 11) is 1.97. The minimum absolute atomic E-state index is 0.910. The van der Waals surface area contributed by atoms with Gasteiger partial charge in [-0.15, -0.1) is 0 Å². The lowest BCUT2D eigenvalue weighted by Gasteiger charge is -2.05. The highest BCUT2D eigenvalue weighted by atomic mass is 15.3. The zero-order valence-electron chi connectivity index (χ0n) is 10.0. The number of nitrogens with zero attached hydrogens (tertiary/aromatic N) is 2. The van der Waals surface area contributed by atoms with Gasteiger partial charge in [-0.05, 0) is 19.9 Å². The van der Waals surface area contributed by atoms with Crippen LogP contribution in [0.25, 0.3) is 0 Å². The lowest BCUT2D eigenvalue weighted by atomic mass is 10.2. The van der Waals surface area contributed by atoms with Crippen LogP contribution in [0.1, 0.15) is 24.6 Å². The third-order valence-electron chi connectivity index (χ3n) is 2.56. The van der Waals surface area contributed by atoms with Crippen molar-refractivity contribution in [2.24, 2.45) is 7.05 Å². The summed E-state index contributed by atoms with van der Waals surface area (Å²) in [5.74, 6) is 0. The molecule has 1 heterocycles. The number of nitrogens with one attached hydrogen (secondary N) is 2. The Morgan fingerprint density at radius 1 is 1.27 bits per heavy atom. The molecule has 1 aromatic heterocycles. The van der Waals surface area contributed by atoms with E-state index in [1.54, 1.807) is 0 Å². The monoisotopic (exact) mass is 210 g/mol. The Kier molecular flexibility index (Phi) is 5.36. The average Bonchev–Trinajstić information content (AvgIpc) is 2.54. The fourth-order valence-corrected chi connectivity index (χ4v) is 1.42. The van der Waals surface area contributed by atoms with Crippen LogP contribution >= 0.6 is 0 Å². The van der Waals surface area contributed by atoms with Crippen molar-refractivity contribution in [3.05, 3.63) is 17.5 Å².